The number of benzene rings is 2. The Kier molecular flexibility index (Phi) is 6.26. The summed E-state index contributed by atoms with van der Waals surface area (Å²) in [6.45, 7) is 1.16. The van der Waals surface area contributed by atoms with Gasteiger partial charge in [-0.05, 0) is 54.7 Å². The molecular weight excluding hydrogens is 332 g/mol. The van der Waals surface area contributed by atoms with Crippen molar-refractivity contribution in [1.29, 1.82) is 0 Å². The van der Waals surface area contributed by atoms with Crippen LogP contribution in [0.1, 0.15) is 35.2 Å². The Morgan fingerprint density at radius 2 is 1.92 bits per heavy atom. The second kappa shape index (κ2) is 8.83. The van der Waals surface area contributed by atoms with Crippen LogP contribution in [0.3, 0.4) is 0 Å². The first-order chi connectivity index (χ1) is 12.7. The number of hydrogen-bond acceptors (Lipinski definition) is 5. The fourth-order valence-electron chi connectivity index (χ4n) is 3.11. The summed E-state index contributed by atoms with van der Waals surface area (Å²) in [6.07, 6.45) is 3.77. The van der Waals surface area contributed by atoms with E-state index in [1.807, 2.05) is 24.3 Å². The van der Waals surface area contributed by atoms with Crippen molar-refractivity contribution in [3.05, 3.63) is 47.5 Å². The van der Waals surface area contributed by atoms with Gasteiger partial charge >= 0.3 is 0 Å². The Bertz CT molecular complexity index is 750. The highest BCUT2D eigenvalue weighted by atomic mass is 16.7. The lowest BCUT2D eigenvalue weighted by Crippen LogP contribution is -2.22. The monoisotopic (exact) mass is 356 g/mol. The summed E-state index contributed by atoms with van der Waals surface area (Å²) in [5.74, 6) is 1.41. The number of carbonyl (C=O) groups is 1. The average Bonchev–Trinajstić information content (AvgIpc) is 2.72. The summed E-state index contributed by atoms with van der Waals surface area (Å²) >= 11 is 0. The molecule has 2 aromatic carbocycles. The van der Waals surface area contributed by atoms with Crippen molar-refractivity contribution in [2.75, 3.05) is 20.8 Å². The molecule has 0 spiro atoms. The first-order valence-corrected chi connectivity index (χ1v) is 8.79. The molecule has 5 nitrogen and oxygen atoms in total. The Balaban J connectivity index is 1.91. The van der Waals surface area contributed by atoms with Crippen LogP contribution in [-0.2, 0) is 16.1 Å². The van der Waals surface area contributed by atoms with Crippen LogP contribution >= 0.6 is 0 Å². The van der Waals surface area contributed by atoms with Gasteiger partial charge in [0.2, 0.25) is 0 Å². The van der Waals surface area contributed by atoms with Crippen LogP contribution in [0.4, 0.5) is 0 Å². The predicted octanol–water partition coefficient (Wildman–Crippen LogP) is 4.23. The van der Waals surface area contributed by atoms with Gasteiger partial charge in [-0.25, -0.2) is 0 Å². The quantitative estimate of drug-likeness (QED) is 0.695. The number of methoxy groups -OCH3 is 2. The number of carbonyl (C=O) groups excluding carboxylic acids is 1. The third-order valence-corrected chi connectivity index (χ3v) is 4.53. The highest BCUT2D eigenvalue weighted by Gasteiger charge is 2.17. The molecule has 1 heterocycles. The molecule has 1 fully saturated rings. The second-order valence-corrected chi connectivity index (χ2v) is 6.21. The molecule has 1 atom stereocenters. The number of hydrogen-bond donors (Lipinski definition) is 0. The molecule has 1 aliphatic heterocycles. The summed E-state index contributed by atoms with van der Waals surface area (Å²) < 4.78 is 22.5. The zero-order chi connectivity index (χ0) is 18.4. The molecular formula is C21H24O5. The fraction of sp³-hybridized carbons (Fsp3) is 0.381. The van der Waals surface area contributed by atoms with Gasteiger partial charge in [0.05, 0.1) is 20.8 Å². The third-order valence-electron chi connectivity index (χ3n) is 4.53. The van der Waals surface area contributed by atoms with E-state index >= 15 is 0 Å². The molecule has 0 radical (unpaired) electrons. The molecule has 1 aliphatic rings. The SMILES string of the molecule is COc1ccc(-c2ccc(C=O)cc2OC)c(COC2CCCCO2)c1. The highest BCUT2D eigenvalue weighted by Crippen LogP contribution is 2.35. The summed E-state index contributed by atoms with van der Waals surface area (Å²) in [5, 5.41) is 0. The van der Waals surface area contributed by atoms with Crippen molar-refractivity contribution in [1.82, 2.24) is 0 Å². The van der Waals surface area contributed by atoms with Crippen molar-refractivity contribution in [3.63, 3.8) is 0 Å². The summed E-state index contributed by atoms with van der Waals surface area (Å²) in [4.78, 5) is 11.0. The van der Waals surface area contributed by atoms with Gasteiger partial charge in [0.1, 0.15) is 17.8 Å². The van der Waals surface area contributed by atoms with Gasteiger partial charge in [-0.15, -0.1) is 0 Å². The molecule has 1 unspecified atom stereocenters. The summed E-state index contributed by atoms with van der Waals surface area (Å²) in [6, 6.07) is 11.3. The maximum Gasteiger partial charge on any atom is 0.158 e. The van der Waals surface area contributed by atoms with E-state index in [0.717, 1.165) is 54.6 Å². The second-order valence-electron chi connectivity index (χ2n) is 6.21. The minimum Gasteiger partial charge on any atom is -0.497 e. The van der Waals surface area contributed by atoms with Gasteiger partial charge in [0, 0.05) is 17.7 Å². The minimum absolute atomic E-state index is 0.165. The zero-order valence-corrected chi connectivity index (χ0v) is 15.2. The first kappa shape index (κ1) is 18.4. The van der Waals surface area contributed by atoms with E-state index < -0.39 is 0 Å². The van der Waals surface area contributed by atoms with Crippen LogP contribution in [0.15, 0.2) is 36.4 Å². The lowest BCUT2D eigenvalue weighted by Gasteiger charge is -2.23. The van der Waals surface area contributed by atoms with Crippen LogP contribution in [-0.4, -0.2) is 33.4 Å². The maximum atomic E-state index is 11.0. The molecule has 0 N–H and O–H groups in total. The molecule has 0 amide bonds. The topological polar surface area (TPSA) is 54.0 Å². The fourth-order valence-corrected chi connectivity index (χ4v) is 3.11. The lowest BCUT2D eigenvalue weighted by atomic mass is 9.97. The number of ether oxygens (including phenoxy) is 4. The van der Waals surface area contributed by atoms with Gasteiger partial charge in [-0.2, -0.15) is 0 Å². The molecule has 138 valence electrons. The smallest absolute Gasteiger partial charge is 0.158 e. The summed E-state index contributed by atoms with van der Waals surface area (Å²) in [7, 11) is 3.24. The molecule has 2 aromatic rings. The number of rotatable bonds is 7. The van der Waals surface area contributed by atoms with E-state index in [1.54, 1.807) is 26.4 Å². The average molecular weight is 356 g/mol. The van der Waals surface area contributed by atoms with Crippen molar-refractivity contribution in [2.45, 2.75) is 32.2 Å². The van der Waals surface area contributed by atoms with E-state index in [9.17, 15) is 4.79 Å². The van der Waals surface area contributed by atoms with Crippen LogP contribution in [0.25, 0.3) is 11.1 Å². The standard InChI is InChI=1S/C21H24O5/c1-23-17-7-9-18(19-8-6-15(13-22)11-20(19)24-2)16(12-17)14-26-21-5-3-4-10-25-21/h6-9,11-13,21H,3-5,10,14H2,1-2H3. The summed E-state index contributed by atoms with van der Waals surface area (Å²) in [5.41, 5.74) is 3.45. The Morgan fingerprint density at radius 3 is 2.62 bits per heavy atom. The van der Waals surface area contributed by atoms with Crippen molar-refractivity contribution >= 4 is 6.29 Å². The van der Waals surface area contributed by atoms with E-state index in [1.165, 1.54) is 0 Å². The maximum absolute atomic E-state index is 11.0. The zero-order valence-electron chi connectivity index (χ0n) is 15.2. The molecule has 5 heteroatoms. The Hall–Kier alpha value is -2.37. The van der Waals surface area contributed by atoms with E-state index in [4.69, 9.17) is 18.9 Å². The van der Waals surface area contributed by atoms with Crippen molar-refractivity contribution in [3.8, 4) is 22.6 Å². The molecule has 0 bridgehead atoms. The van der Waals surface area contributed by atoms with Crippen LogP contribution in [0.5, 0.6) is 11.5 Å². The molecule has 0 saturated carbocycles. The third kappa shape index (κ3) is 4.23. The van der Waals surface area contributed by atoms with E-state index in [-0.39, 0.29) is 6.29 Å². The molecule has 1 saturated heterocycles. The van der Waals surface area contributed by atoms with Gasteiger partial charge < -0.3 is 18.9 Å². The number of aldehydes is 1. The predicted molar refractivity (Wildman–Crippen MR) is 98.7 cm³/mol. The van der Waals surface area contributed by atoms with E-state index in [0.29, 0.717) is 17.9 Å². The molecule has 0 aromatic heterocycles. The molecule has 3 rings (SSSR count). The van der Waals surface area contributed by atoms with Gasteiger partial charge in [0.25, 0.3) is 0 Å². The molecule has 26 heavy (non-hydrogen) atoms. The van der Waals surface area contributed by atoms with Gasteiger partial charge in [-0.3, -0.25) is 4.79 Å². The highest BCUT2D eigenvalue weighted by molar-refractivity contribution is 5.81. The van der Waals surface area contributed by atoms with Crippen LogP contribution in [0, 0.1) is 0 Å². The molecule has 0 aliphatic carbocycles. The van der Waals surface area contributed by atoms with Crippen molar-refractivity contribution in [2.24, 2.45) is 0 Å². The van der Waals surface area contributed by atoms with Crippen molar-refractivity contribution < 1.29 is 23.7 Å². The lowest BCUT2D eigenvalue weighted by molar-refractivity contribution is -0.168. The van der Waals surface area contributed by atoms with Crippen LogP contribution in [0.2, 0.25) is 0 Å². The normalized spacial score (nSPS) is 16.9. The van der Waals surface area contributed by atoms with Crippen LogP contribution < -0.4 is 9.47 Å². The Morgan fingerprint density at radius 1 is 1.08 bits per heavy atom. The first-order valence-electron chi connectivity index (χ1n) is 8.79. The van der Waals surface area contributed by atoms with E-state index in [2.05, 4.69) is 0 Å². The largest absolute Gasteiger partial charge is 0.497 e. The Labute approximate surface area is 153 Å². The minimum atomic E-state index is -0.165. The van der Waals surface area contributed by atoms with Gasteiger partial charge in [-0.1, -0.05) is 12.1 Å². The van der Waals surface area contributed by atoms with Gasteiger partial charge in [0.15, 0.2) is 6.29 Å².